The lowest BCUT2D eigenvalue weighted by Crippen LogP contribution is -2.17. The van der Waals surface area contributed by atoms with Gasteiger partial charge >= 0.3 is 0 Å². The molecule has 0 spiro atoms. The Hall–Kier alpha value is -2.19. The predicted octanol–water partition coefficient (Wildman–Crippen LogP) is 3.71. The Bertz CT molecular complexity index is 1020. The van der Waals surface area contributed by atoms with Crippen LogP contribution in [0, 0.1) is 0 Å². The molecule has 1 aromatic carbocycles. The average molecular weight is 417 g/mol. The van der Waals surface area contributed by atoms with E-state index >= 15 is 0 Å². The van der Waals surface area contributed by atoms with Gasteiger partial charge in [-0.1, -0.05) is 50.3 Å². The van der Waals surface area contributed by atoms with E-state index in [1.165, 1.54) is 33.7 Å². The number of benzene rings is 1. The van der Waals surface area contributed by atoms with Gasteiger partial charge in [-0.05, 0) is 30.4 Å². The Kier molecular flexibility index (Phi) is 6.85. The van der Waals surface area contributed by atoms with Gasteiger partial charge in [-0.2, -0.15) is 9.61 Å². The highest BCUT2D eigenvalue weighted by atomic mass is 32.2. The van der Waals surface area contributed by atoms with Crippen molar-refractivity contribution in [3.8, 4) is 0 Å². The number of hydrogen-bond donors (Lipinski definition) is 1. The Morgan fingerprint density at radius 1 is 1.18 bits per heavy atom. The normalized spacial score (nSPS) is 11.1. The molecule has 3 rings (SSSR count). The minimum Gasteiger partial charge on any atom is -0.325 e. The van der Waals surface area contributed by atoms with Crippen LogP contribution in [0.4, 0.5) is 5.69 Å². The monoisotopic (exact) mass is 416 g/mol. The quantitative estimate of drug-likeness (QED) is 0.606. The lowest BCUT2D eigenvalue weighted by atomic mass is 10.0. The minimum atomic E-state index is -0.175. The van der Waals surface area contributed by atoms with Crippen LogP contribution in [0.5, 0.6) is 0 Å². The Morgan fingerprint density at radius 2 is 1.89 bits per heavy atom. The maximum absolute atomic E-state index is 12.4. The van der Waals surface area contributed by atoms with Crippen LogP contribution in [0.15, 0.2) is 29.1 Å². The van der Waals surface area contributed by atoms with Crippen LogP contribution in [0.3, 0.4) is 0 Å². The van der Waals surface area contributed by atoms with Crippen molar-refractivity contribution >= 4 is 39.7 Å². The summed E-state index contributed by atoms with van der Waals surface area (Å²) in [6.07, 6.45) is 2.52. The van der Waals surface area contributed by atoms with E-state index in [-0.39, 0.29) is 11.5 Å². The summed E-state index contributed by atoms with van der Waals surface area (Å²) in [4.78, 5) is 29.7. The van der Waals surface area contributed by atoms with Crippen LogP contribution in [0.25, 0.3) is 4.96 Å². The zero-order chi connectivity index (χ0) is 20.1. The molecule has 8 heteroatoms. The molecule has 148 valence electrons. The van der Waals surface area contributed by atoms with Gasteiger partial charge in [0.25, 0.3) is 5.56 Å². The highest BCUT2D eigenvalue weighted by Crippen LogP contribution is 2.23. The molecule has 0 bridgehead atoms. The summed E-state index contributed by atoms with van der Waals surface area (Å²) in [5, 5.41) is 8.20. The standard InChI is InChI=1S/C20H24N4O2S2/c1-4-13-8-7-9-14(5-2)19(13)22-16(25)12-27-11-15-10-18(26)24-20(21-15)28-17(6-3)23-24/h7-10H,4-6,11-12H2,1-3H3,(H,22,25). The maximum Gasteiger partial charge on any atom is 0.275 e. The highest BCUT2D eigenvalue weighted by molar-refractivity contribution is 7.99. The highest BCUT2D eigenvalue weighted by Gasteiger charge is 2.12. The number of fused-ring (bicyclic) bond motifs is 1. The van der Waals surface area contributed by atoms with Crippen molar-refractivity contribution in [3.05, 3.63) is 56.4 Å². The molecule has 0 aliphatic rings. The van der Waals surface area contributed by atoms with Gasteiger partial charge in [-0.3, -0.25) is 9.59 Å². The first kappa shape index (κ1) is 20.5. The van der Waals surface area contributed by atoms with Gasteiger partial charge < -0.3 is 5.32 Å². The van der Waals surface area contributed by atoms with Gasteiger partial charge in [-0.25, -0.2) is 4.98 Å². The number of nitrogens with zero attached hydrogens (tertiary/aromatic N) is 3. The van der Waals surface area contributed by atoms with E-state index in [2.05, 4.69) is 29.2 Å². The molecule has 0 atom stereocenters. The van der Waals surface area contributed by atoms with E-state index in [0.717, 1.165) is 41.1 Å². The van der Waals surface area contributed by atoms with Gasteiger partial charge in [0.05, 0.1) is 11.4 Å². The number of aryl methyl sites for hydroxylation is 3. The summed E-state index contributed by atoms with van der Waals surface area (Å²) in [5.74, 6) is 0.782. The van der Waals surface area contributed by atoms with Crippen molar-refractivity contribution in [1.82, 2.24) is 14.6 Å². The molecule has 2 heterocycles. The third-order valence-electron chi connectivity index (χ3n) is 4.39. The first-order chi connectivity index (χ1) is 13.5. The first-order valence-corrected chi connectivity index (χ1v) is 11.4. The van der Waals surface area contributed by atoms with Crippen molar-refractivity contribution in [2.75, 3.05) is 11.1 Å². The van der Waals surface area contributed by atoms with Gasteiger partial charge in [-0.15, -0.1) is 11.8 Å². The summed E-state index contributed by atoms with van der Waals surface area (Å²) < 4.78 is 1.35. The van der Waals surface area contributed by atoms with Crippen LogP contribution in [0.2, 0.25) is 0 Å². The molecule has 0 fully saturated rings. The van der Waals surface area contributed by atoms with Gasteiger partial charge in [0, 0.05) is 17.5 Å². The summed E-state index contributed by atoms with van der Waals surface area (Å²) in [5.41, 5.74) is 3.74. The number of aromatic nitrogens is 3. The smallest absolute Gasteiger partial charge is 0.275 e. The number of para-hydroxylation sites is 1. The zero-order valence-electron chi connectivity index (χ0n) is 16.3. The fraction of sp³-hybridized carbons (Fsp3) is 0.400. The van der Waals surface area contributed by atoms with Crippen LogP contribution in [-0.2, 0) is 29.8 Å². The summed E-state index contributed by atoms with van der Waals surface area (Å²) >= 11 is 2.88. The van der Waals surface area contributed by atoms with E-state index in [4.69, 9.17) is 0 Å². The van der Waals surface area contributed by atoms with E-state index in [1.54, 1.807) is 0 Å². The Balaban J connectivity index is 1.63. The second kappa shape index (κ2) is 9.34. The Labute approximate surface area is 172 Å². The van der Waals surface area contributed by atoms with Gasteiger partial charge in [0.15, 0.2) is 0 Å². The van der Waals surface area contributed by atoms with Crippen LogP contribution < -0.4 is 10.9 Å². The third-order valence-corrected chi connectivity index (χ3v) is 6.41. The molecule has 1 amide bonds. The number of anilines is 1. The molecule has 1 N–H and O–H groups in total. The molecule has 2 aromatic heterocycles. The molecular formula is C20H24N4O2S2. The number of amides is 1. The molecular weight excluding hydrogens is 392 g/mol. The molecule has 0 aliphatic heterocycles. The molecule has 0 saturated carbocycles. The van der Waals surface area contributed by atoms with Crippen molar-refractivity contribution < 1.29 is 4.79 Å². The number of hydrogen-bond acceptors (Lipinski definition) is 6. The SMILES string of the molecule is CCc1nn2c(=O)cc(CSCC(=O)Nc3c(CC)cccc3CC)nc2s1. The Morgan fingerprint density at radius 3 is 2.54 bits per heavy atom. The largest absolute Gasteiger partial charge is 0.325 e. The van der Waals surface area contributed by atoms with Crippen LogP contribution in [-0.4, -0.2) is 26.3 Å². The molecule has 0 radical (unpaired) electrons. The molecule has 28 heavy (non-hydrogen) atoms. The zero-order valence-corrected chi connectivity index (χ0v) is 18.0. The third kappa shape index (κ3) is 4.62. The second-order valence-corrected chi connectivity index (χ2v) is 8.35. The molecule has 0 unspecified atom stereocenters. The van der Waals surface area contributed by atoms with E-state index < -0.39 is 0 Å². The number of rotatable bonds is 8. The van der Waals surface area contributed by atoms with E-state index in [1.807, 2.05) is 25.1 Å². The topological polar surface area (TPSA) is 76.4 Å². The number of thioether (sulfide) groups is 1. The summed E-state index contributed by atoms with van der Waals surface area (Å²) in [6.45, 7) is 6.17. The van der Waals surface area contributed by atoms with Crippen LogP contribution in [0.1, 0.15) is 42.6 Å². The first-order valence-electron chi connectivity index (χ1n) is 9.42. The van der Waals surface area contributed by atoms with E-state index in [0.29, 0.717) is 22.2 Å². The van der Waals surface area contributed by atoms with Crippen molar-refractivity contribution in [3.63, 3.8) is 0 Å². The summed E-state index contributed by atoms with van der Waals surface area (Å²) in [7, 11) is 0. The van der Waals surface area contributed by atoms with Crippen molar-refractivity contribution in [2.24, 2.45) is 0 Å². The number of nitrogens with one attached hydrogen (secondary N) is 1. The molecule has 0 aliphatic carbocycles. The van der Waals surface area contributed by atoms with Gasteiger partial charge in [0.2, 0.25) is 10.9 Å². The maximum atomic E-state index is 12.4. The predicted molar refractivity (Wildman–Crippen MR) is 117 cm³/mol. The van der Waals surface area contributed by atoms with Crippen molar-refractivity contribution in [1.29, 1.82) is 0 Å². The lowest BCUT2D eigenvalue weighted by Gasteiger charge is -2.14. The molecule has 6 nitrogen and oxygen atoms in total. The van der Waals surface area contributed by atoms with E-state index in [9.17, 15) is 9.59 Å². The number of carbonyl (C=O) groups excluding carboxylic acids is 1. The minimum absolute atomic E-state index is 0.0375. The number of carbonyl (C=O) groups is 1. The van der Waals surface area contributed by atoms with Gasteiger partial charge in [0.1, 0.15) is 5.01 Å². The second-order valence-electron chi connectivity index (χ2n) is 6.33. The summed E-state index contributed by atoms with van der Waals surface area (Å²) in [6, 6.07) is 7.63. The van der Waals surface area contributed by atoms with Crippen molar-refractivity contribution in [2.45, 2.75) is 45.8 Å². The fourth-order valence-electron chi connectivity index (χ4n) is 2.94. The lowest BCUT2D eigenvalue weighted by molar-refractivity contribution is -0.113. The molecule has 3 aromatic rings. The average Bonchev–Trinajstić information content (AvgIpc) is 3.12. The van der Waals surface area contributed by atoms with Crippen LogP contribution >= 0.6 is 23.1 Å². The fourth-order valence-corrected chi connectivity index (χ4v) is 4.51. The molecule has 0 saturated heterocycles.